The minimum atomic E-state index is -2.47. The van der Waals surface area contributed by atoms with Gasteiger partial charge in [-0.3, -0.25) is 4.79 Å². The zero-order valence-corrected chi connectivity index (χ0v) is 16.7. The summed E-state index contributed by atoms with van der Waals surface area (Å²) in [5.74, 6) is 1.63. The van der Waals surface area contributed by atoms with E-state index in [2.05, 4.69) is 5.32 Å². The standard InChI is InChI=1S/C23H27F2NO3/c1-15(26-16(2)27)17-3-10-21(11-4-17)29-22-12-7-19(13-22)18-5-8-20(9-6-18)28-14-23(24)25/h3-6,8-11,15,19,22-23H,7,12-14H2,1-2H3,(H,26,27)/t15-,19?,22+/m0/s1. The van der Waals surface area contributed by atoms with Gasteiger partial charge in [0.2, 0.25) is 5.91 Å². The van der Waals surface area contributed by atoms with Crippen LogP contribution >= 0.6 is 0 Å². The molecule has 2 aromatic rings. The number of nitrogens with one attached hydrogen (secondary N) is 1. The van der Waals surface area contributed by atoms with E-state index in [0.717, 1.165) is 30.6 Å². The molecule has 4 nitrogen and oxygen atoms in total. The lowest BCUT2D eigenvalue weighted by Gasteiger charge is -2.17. The van der Waals surface area contributed by atoms with E-state index in [4.69, 9.17) is 9.47 Å². The topological polar surface area (TPSA) is 47.6 Å². The van der Waals surface area contributed by atoms with Crippen LogP contribution in [0.3, 0.4) is 0 Å². The van der Waals surface area contributed by atoms with Crippen LogP contribution in [0, 0.1) is 0 Å². The van der Waals surface area contributed by atoms with Crippen molar-refractivity contribution in [3.8, 4) is 11.5 Å². The van der Waals surface area contributed by atoms with Crippen molar-refractivity contribution in [1.29, 1.82) is 0 Å². The van der Waals surface area contributed by atoms with Crippen LogP contribution < -0.4 is 14.8 Å². The summed E-state index contributed by atoms with van der Waals surface area (Å²) in [5, 5.41) is 2.87. The molecule has 0 heterocycles. The van der Waals surface area contributed by atoms with E-state index in [1.807, 2.05) is 43.3 Å². The molecule has 1 aliphatic rings. The maximum atomic E-state index is 12.2. The van der Waals surface area contributed by atoms with Gasteiger partial charge in [-0.2, -0.15) is 0 Å². The number of hydrogen-bond donors (Lipinski definition) is 1. The first-order chi connectivity index (χ1) is 13.9. The molecule has 0 aromatic heterocycles. The van der Waals surface area contributed by atoms with Gasteiger partial charge in [-0.15, -0.1) is 0 Å². The Bertz CT molecular complexity index is 793. The lowest BCUT2D eigenvalue weighted by molar-refractivity contribution is -0.119. The Hall–Kier alpha value is -2.63. The third kappa shape index (κ3) is 6.17. The molecule has 3 rings (SSSR count). The highest BCUT2D eigenvalue weighted by atomic mass is 19.3. The van der Waals surface area contributed by atoms with Crippen LogP contribution in [0.1, 0.15) is 56.2 Å². The van der Waals surface area contributed by atoms with Gasteiger partial charge in [0.25, 0.3) is 6.43 Å². The number of halogens is 2. The number of rotatable bonds is 8. The van der Waals surface area contributed by atoms with Crippen molar-refractivity contribution in [3.05, 3.63) is 59.7 Å². The van der Waals surface area contributed by atoms with Crippen molar-refractivity contribution in [1.82, 2.24) is 5.32 Å². The van der Waals surface area contributed by atoms with Crippen molar-refractivity contribution < 1.29 is 23.0 Å². The molecule has 3 atom stereocenters. The summed E-state index contributed by atoms with van der Waals surface area (Å²) in [6.07, 6.45) is 0.595. The molecule has 1 unspecified atom stereocenters. The molecular formula is C23H27F2NO3. The molecular weight excluding hydrogens is 376 g/mol. The predicted octanol–water partition coefficient (Wildman–Crippen LogP) is 5.24. The van der Waals surface area contributed by atoms with Crippen LogP contribution in [0.4, 0.5) is 8.78 Å². The first kappa shape index (κ1) is 21.1. The molecule has 1 amide bonds. The molecule has 156 valence electrons. The molecule has 0 radical (unpaired) electrons. The number of benzene rings is 2. The Kier molecular flexibility index (Phi) is 7.07. The van der Waals surface area contributed by atoms with E-state index in [1.165, 1.54) is 12.5 Å². The van der Waals surface area contributed by atoms with Crippen LogP contribution in [0.5, 0.6) is 11.5 Å². The van der Waals surface area contributed by atoms with Crippen molar-refractivity contribution in [2.75, 3.05) is 6.61 Å². The first-order valence-corrected chi connectivity index (χ1v) is 9.95. The Morgan fingerprint density at radius 3 is 2.34 bits per heavy atom. The number of ether oxygens (including phenoxy) is 2. The molecule has 0 bridgehead atoms. The van der Waals surface area contributed by atoms with Gasteiger partial charge in [-0.25, -0.2) is 8.78 Å². The monoisotopic (exact) mass is 403 g/mol. The van der Waals surface area contributed by atoms with Gasteiger partial charge in [0.15, 0.2) is 0 Å². The van der Waals surface area contributed by atoms with Crippen LogP contribution in [0.25, 0.3) is 0 Å². The Balaban J connectivity index is 1.51. The SMILES string of the molecule is CC(=O)N[C@@H](C)c1ccc(O[C@@H]2CCC(c3ccc(OCC(F)F)cc3)C2)cc1. The van der Waals surface area contributed by atoms with E-state index in [0.29, 0.717) is 11.7 Å². The molecule has 1 N–H and O–H groups in total. The predicted molar refractivity (Wildman–Crippen MR) is 108 cm³/mol. The second kappa shape index (κ2) is 9.72. The first-order valence-electron chi connectivity index (χ1n) is 9.95. The number of carbonyl (C=O) groups excluding carboxylic acids is 1. The summed E-state index contributed by atoms with van der Waals surface area (Å²) < 4.78 is 35.6. The third-order valence-electron chi connectivity index (χ3n) is 5.21. The maximum absolute atomic E-state index is 12.2. The zero-order chi connectivity index (χ0) is 20.8. The molecule has 1 saturated carbocycles. The molecule has 0 aliphatic heterocycles. The van der Waals surface area contributed by atoms with Crippen LogP contribution in [-0.2, 0) is 4.79 Å². The average Bonchev–Trinajstić information content (AvgIpc) is 3.15. The van der Waals surface area contributed by atoms with E-state index in [-0.39, 0.29) is 18.1 Å². The quantitative estimate of drug-likeness (QED) is 0.655. The van der Waals surface area contributed by atoms with E-state index in [9.17, 15) is 13.6 Å². The summed E-state index contributed by atoms with van der Waals surface area (Å²) in [4.78, 5) is 11.2. The molecule has 2 aromatic carbocycles. The van der Waals surface area contributed by atoms with Gasteiger partial charge in [0, 0.05) is 6.92 Å². The third-order valence-corrected chi connectivity index (χ3v) is 5.21. The Morgan fingerprint density at radius 2 is 1.72 bits per heavy atom. The number of hydrogen-bond acceptors (Lipinski definition) is 3. The number of carbonyl (C=O) groups is 1. The van der Waals surface area contributed by atoms with Crippen molar-refractivity contribution in [2.24, 2.45) is 0 Å². The van der Waals surface area contributed by atoms with Gasteiger partial charge in [-0.05, 0) is 67.5 Å². The van der Waals surface area contributed by atoms with Gasteiger partial charge in [-0.1, -0.05) is 24.3 Å². The number of amides is 1. The lowest BCUT2D eigenvalue weighted by atomic mass is 9.97. The van der Waals surface area contributed by atoms with Crippen molar-refractivity contribution in [2.45, 2.75) is 57.6 Å². The Labute approximate surface area is 170 Å². The zero-order valence-electron chi connectivity index (χ0n) is 16.7. The fourth-order valence-corrected chi connectivity index (χ4v) is 3.76. The second-order valence-electron chi connectivity index (χ2n) is 7.51. The van der Waals surface area contributed by atoms with E-state index < -0.39 is 13.0 Å². The van der Waals surface area contributed by atoms with Crippen molar-refractivity contribution >= 4 is 5.91 Å². The van der Waals surface area contributed by atoms with Gasteiger partial charge in [0.05, 0.1) is 12.1 Å². The molecule has 0 saturated heterocycles. The fourth-order valence-electron chi connectivity index (χ4n) is 3.76. The molecule has 1 aliphatic carbocycles. The summed E-state index contributed by atoms with van der Waals surface area (Å²) >= 11 is 0. The smallest absolute Gasteiger partial charge is 0.272 e. The van der Waals surface area contributed by atoms with Crippen LogP contribution in [0.2, 0.25) is 0 Å². The highest BCUT2D eigenvalue weighted by Crippen LogP contribution is 2.37. The van der Waals surface area contributed by atoms with Gasteiger partial charge in [0.1, 0.15) is 18.1 Å². The Morgan fingerprint density at radius 1 is 1.07 bits per heavy atom. The highest BCUT2D eigenvalue weighted by molar-refractivity contribution is 5.73. The average molecular weight is 403 g/mol. The maximum Gasteiger partial charge on any atom is 0.272 e. The second-order valence-corrected chi connectivity index (χ2v) is 7.51. The summed E-state index contributed by atoms with van der Waals surface area (Å²) in [5.41, 5.74) is 2.21. The minimum absolute atomic E-state index is 0.0370. The number of alkyl halides is 2. The summed E-state index contributed by atoms with van der Waals surface area (Å²) in [6.45, 7) is 2.87. The summed E-state index contributed by atoms with van der Waals surface area (Å²) in [7, 11) is 0. The van der Waals surface area contributed by atoms with Gasteiger partial charge < -0.3 is 14.8 Å². The van der Waals surface area contributed by atoms with E-state index in [1.54, 1.807) is 12.1 Å². The molecule has 6 heteroatoms. The molecule has 0 spiro atoms. The summed E-state index contributed by atoms with van der Waals surface area (Å²) in [6, 6.07) is 15.2. The normalized spacial score (nSPS) is 19.8. The molecule has 29 heavy (non-hydrogen) atoms. The van der Waals surface area contributed by atoms with Gasteiger partial charge >= 0.3 is 0 Å². The molecule has 1 fully saturated rings. The highest BCUT2D eigenvalue weighted by Gasteiger charge is 2.27. The largest absolute Gasteiger partial charge is 0.490 e. The minimum Gasteiger partial charge on any atom is -0.490 e. The van der Waals surface area contributed by atoms with Crippen LogP contribution in [0.15, 0.2) is 48.5 Å². The van der Waals surface area contributed by atoms with Crippen molar-refractivity contribution in [3.63, 3.8) is 0 Å². The lowest BCUT2D eigenvalue weighted by Crippen LogP contribution is -2.23. The van der Waals surface area contributed by atoms with Crippen LogP contribution in [-0.4, -0.2) is 25.0 Å². The van der Waals surface area contributed by atoms with E-state index >= 15 is 0 Å². The fraction of sp³-hybridized carbons (Fsp3) is 0.435.